The number of halogens is 1. The lowest BCUT2D eigenvalue weighted by atomic mass is 9.83. The number of nitrogens with one attached hydrogen (secondary N) is 1. The van der Waals surface area contributed by atoms with E-state index >= 15 is 0 Å². The lowest BCUT2D eigenvalue weighted by molar-refractivity contribution is 0.166. The minimum atomic E-state index is -0.0290. The zero-order valence-corrected chi connectivity index (χ0v) is 14.4. The van der Waals surface area contributed by atoms with E-state index in [4.69, 9.17) is 16.3 Å². The van der Waals surface area contributed by atoms with Gasteiger partial charge >= 0.3 is 6.03 Å². The molecule has 1 saturated carbocycles. The van der Waals surface area contributed by atoms with Crippen LogP contribution in [-0.4, -0.2) is 30.6 Å². The van der Waals surface area contributed by atoms with E-state index in [1.165, 1.54) is 32.1 Å². The summed E-state index contributed by atoms with van der Waals surface area (Å²) in [4.78, 5) is 14.8. The van der Waals surface area contributed by atoms with Crippen molar-refractivity contribution < 1.29 is 9.53 Å². The highest BCUT2D eigenvalue weighted by Gasteiger charge is 2.35. The normalized spacial score (nSPS) is 22.2. The van der Waals surface area contributed by atoms with Gasteiger partial charge in [0.15, 0.2) is 0 Å². The van der Waals surface area contributed by atoms with Crippen molar-refractivity contribution >= 4 is 23.3 Å². The SMILES string of the molecule is COc1ccc(Cl)cc1NC(=O)N1CCC[C@H]1C1CCCCC1. The number of benzene rings is 1. The highest BCUT2D eigenvalue weighted by molar-refractivity contribution is 6.31. The molecule has 1 atom stereocenters. The molecule has 0 spiro atoms. The van der Waals surface area contributed by atoms with E-state index in [-0.39, 0.29) is 6.03 Å². The molecule has 3 rings (SSSR count). The third kappa shape index (κ3) is 3.74. The van der Waals surface area contributed by atoms with Crippen molar-refractivity contribution in [2.24, 2.45) is 5.92 Å². The van der Waals surface area contributed by atoms with Crippen LogP contribution in [0.3, 0.4) is 0 Å². The summed E-state index contributed by atoms with van der Waals surface area (Å²) in [5.74, 6) is 1.30. The second-order valence-electron chi connectivity index (χ2n) is 6.58. The number of hydrogen-bond acceptors (Lipinski definition) is 2. The molecule has 0 aromatic heterocycles. The summed E-state index contributed by atoms with van der Waals surface area (Å²) in [6.45, 7) is 0.843. The van der Waals surface area contributed by atoms with Crippen LogP contribution in [0.5, 0.6) is 5.75 Å². The fraction of sp³-hybridized carbons (Fsp3) is 0.611. The number of amides is 2. The van der Waals surface area contributed by atoms with Crippen LogP contribution < -0.4 is 10.1 Å². The average molecular weight is 337 g/mol. The number of nitrogens with zero attached hydrogens (tertiary/aromatic N) is 1. The highest BCUT2D eigenvalue weighted by atomic mass is 35.5. The average Bonchev–Trinajstić information content (AvgIpc) is 3.05. The molecule has 126 valence electrons. The van der Waals surface area contributed by atoms with Gasteiger partial charge in [-0.2, -0.15) is 0 Å². The Bertz CT molecular complexity index is 558. The summed E-state index contributed by atoms with van der Waals surface area (Å²) in [5, 5.41) is 3.58. The number of likely N-dealkylation sites (tertiary alicyclic amines) is 1. The summed E-state index contributed by atoms with van der Waals surface area (Å²) < 4.78 is 5.32. The fourth-order valence-electron chi connectivity index (χ4n) is 4.02. The molecule has 2 aliphatic rings. The molecule has 1 aromatic rings. The summed E-state index contributed by atoms with van der Waals surface area (Å²) in [7, 11) is 1.60. The zero-order valence-electron chi connectivity index (χ0n) is 13.7. The molecule has 0 bridgehead atoms. The predicted octanol–water partition coefficient (Wildman–Crippen LogP) is 4.93. The Balaban J connectivity index is 1.70. The first-order chi connectivity index (χ1) is 11.2. The Labute approximate surface area is 143 Å². The Kier molecular flexibility index (Phi) is 5.31. The Morgan fingerprint density at radius 2 is 2.00 bits per heavy atom. The van der Waals surface area contributed by atoms with Crippen molar-refractivity contribution in [3.8, 4) is 5.75 Å². The van der Waals surface area contributed by atoms with Gasteiger partial charge in [0.2, 0.25) is 0 Å². The standard InChI is InChI=1S/C18H25ClN2O2/c1-23-17-10-9-14(19)12-15(17)20-18(22)21-11-5-8-16(21)13-6-3-2-4-7-13/h9-10,12-13,16H,2-8,11H2,1H3,(H,20,22)/t16-/m0/s1. The van der Waals surface area contributed by atoms with Crippen LogP contribution in [-0.2, 0) is 0 Å². The monoisotopic (exact) mass is 336 g/mol. The predicted molar refractivity (Wildman–Crippen MR) is 93.3 cm³/mol. The highest BCUT2D eigenvalue weighted by Crippen LogP contribution is 2.35. The minimum absolute atomic E-state index is 0.0290. The molecule has 0 unspecified atom stereocenters. The molecule has 2 amide bonds. The third-order valence-corrected chi connectivity index (χ3v) is 5.39. The van der Waals surface area contributed by atoms with E-state index in [9.17, 15) is 4.79 Å². The largest absolute Gasteiger partial charge is 0.495 e. The van der Waals surface area contributed by atoms with E-state index in [1.807, 2.05) is 4.90 Å². The number of rotatable bonds is 3. The van der Waals surface area contributed by atoms with Crippen molar-refractivity contribution in [1.29, 1.82) is 0 Å². The van der Waals surface area contributed by atoms with Gasteiger partial charge in [0.1, 0.15) is 5.75 Å². The first kappa shape index (κ1) is 16.4. The molecule has 0 radical (unpaired) electrons. The number of carbonyl (C=O) groups excluding carboxylic acids is 1. The first-order valence-electron chi connectivity index (χ1n) is 8.60. The van der Waals surface area contributed by atoms with Crippen LogP contribution in [0, 0.1) is 5.92 Å². The van der Waals surface area contributed by atoms with Gasteiger partial charge in [-0.05, 0) is 49.8 Å². The van der Waals surface area contributed by atoms with Gasteiger partial charge in [-0.1, -0.05) is 30.9 Å². The molecule has 2 fully saturated rings. The van der Waals surface area contributed by atoms with Crippen molar-refractivity contribution in [2.75, 3.05) is 19.0 Å². The second kappa shape index (κ2) is 7.43. The summed E-state index contributed by atoms with van der Waals surface area (Å²) in [6, 6.07) is 5.64. The fourth-order valence-corrected chi connectivity index (χ4v) is 4.19. The van der Waals surface area contributed by atoms with Crippen molar-refractivity contribution in [1.82, 2.24) is 4.90 Å². The van der Waals surface area contributed by atoms with Crippen LogP contribution in [0.1, 0.15) is 44.9 Å². The number of ether oxygens (including phenoxy) is 1. The van der Waals surface area contributed by atoms with Crippen LogP contribution in [0.2, 0.25) is 5.02 Å². The third-order valence-electron chi connectivity index (χ3n) is 5.16. The molecular formula is C18H25ClN2O2. The summed E-state index contributed by atoms with van der Waals surface area (Å²) in [6.07, 6.45) is 8.70. The van der Waals surface area contributed by atoms with Crippen molar-refractivity contribution in [3.63, 3.8) is 0 Å². The molecular weight excluding hydrogens is 312 g/mol. The number of methoxy groups -OCH3 is 1. The Hall–Kier alpha value is -1.42. The molecule has 1 aromatic carbocycles. The van der Waals surface area contributed by atoms with Crippen LogP contribution >= 0.6 is 11.6 Å². The van der Waals surface area contributed by atoms with E-state index in [2.05, 4.69) is 5.32 Å². The lowest BCUT2D eigenvalue weighted by Crippen LogP contribution is -2.43. The van der Waals surface area contributed by atoms with Gasteiger partial charge in [0.05, 0.1) is 12.8 Å². The van der Waals surface area contributed by atoms with Crippen molar-refractivity contribution in [2.45, 2.75) is 51.0 Å². The molecule has 4 nitrogen and oxygen atoms in total. The van der Waals surface area contributed by atoms with Crippen LogP contribution in [0.15, 0.2) is 18.2 Å². The van der Waals surface area contributed by atoms with Gasteiger partial charge in [0.25, 0.3) is 0 Å². The maximum atomic E-state index is 12.8. The molecule has 1 heterocycles. The summed E-state index contributed by atoms with van der Waals surface area (Å²) >= 11 is 6.05. The first-order valence-corrected chi connectivity index (χ1v) is 8.98. The van der Waals surface area contributed by atoms with E-state index in [0.717, 1.165) is 19.4 Å². The molecule has 1 N–H and O–H groups in total. The molecule has 1 saturated heterocycles. The maximum Gasteiger partial charge on any atom is 0.322 e. The smallest absolute Gasteiger partial charge is 0.322 e. The molecule has 5 heteroatoms. The summed E-state index contributed by atoms with van der Waals surface area (Å²) in [5.41, 5.74) is 0.638. The molecule has 1 aliphatic carbocycles. The lowest BCUT2D eigenvalue weighted by Gasteiger charge is -2.34. The number of carbonyl (C=O) groups is 1. The van der Waals surface area contributed by atoms with Gasteiger partial charge < -0.3 is 15.0 Å². The topological polar surface area (TPSA) is 41.6 Å². The Morgan fingerprint density at radius 3 is 2.74 bits per heavy atom. The van der Waals surface area contributed by atoms with Crippen LogP contribution in [0.4, 0.5) is 10.5 Å². The number of urea groups is 1. The molecule has 23 heavy (non-hydrogen) atoms. The van der Waals surface area contributed by atoms with Crippen LogP contribution in [0.25, 0.3) is 0 Å². The van der Waals surface area contributed by atoms with Gasteiger partial charge in [-0.25, -0.2) is 4.79 Å². The minimum Gasteiger partial charge on any atom is -0.495 e. The maximum absolute atomic E-state index is 12.8. The number of hydrogen-bond donors (Lipinski definition) is 1. The Morgan fingerprint density at radius 1 is 1.22 bits per heavy atom. The van der Waals surface area contributed by atoms with Crippen molar-refractivity contribution in [3.05, 3.63) is 23.2 Å². The van der Waals surface area contributed by atoms with Gasteiger partial charge in [-0.3, -0.25) is 0 Å². The zero-order chi connectivity index (χ0) is 16.2. The van der Waals surface area contributed by atoms with Gasteiger partial charge in [-0.15, -0.1) is 0 Å². The van der Waals surface area contributed by atoms with E-state index in [1.54, 1.807) is 25.3 Å². The van der Waals surface area contributed by atoms with E-state index in [0.29, 0.717) is 28.4 Å². The van der Waals surface area contributed by atoms with Gasteiger partial charge in [0, 0.05) is 17.6 Å². The van der Waals surface area contributed by atoms with E-state index < -0.39 is 0 Å². The number of anilines is 1. The molecule has 1 aliphatic heterocycles. The quantitative estimate of drug-likeness (QED) is 0.850. The second-order valence-corrected chi connectivity index (χ2v) is 7.01.